The minimum atomic E-state index is -0.0298. The van der Waals surface area contributed by atoms with E-state index in [1.54, 1.807) is 30.2 Å². The van der Waals surface area contributed by atoms with Crippen molar-refractivity contribution in [1.29, 1.82) is 0 Å². The second-order valence-corrected chi connectivity index (χ2v) is 8.00. The number of nitrogens with one attached hydrogen (secondary N) is 1. The maximum atomic E-state index is 12.7. The van der Waals surface area contributed by atoms with Gasteiger partial charge in [0.05, 0.1) is 24.4 Å². The fourth-order valence-electron chi connectivity index (χ4n) is 3.58. The Morgan fingerprint density at radius 2 is 1.87 bits per heavy atom. The van der Waals surface area contributed by atoms with E-state index >= 15 is 0 Å². The molecule has 3 rings (SSSR count). The van der Waals surface area contributed by atoms with Gasteiger partial charge < -0.3 is 15.0 Å². The van der Waals surface area contributed by atoms with E-state index in [-0.39, 0.29) is 24.2 Å². The van der Waals surface area contributed by atoms with Crippen molar-refractivity contribution in [2.45, 2.75) is 12.8 Å². The van der Waals surface area contributed by atoms with Crippen LogP contribution in [0.15, 0.2) is 49.1 Å². The number of anilines is 1. The largest absolute Gasteiger partial charge is 0.495 e. The lowest BCUT2D eigenvalue weighted by atomic mass is 9.92. The van der Waals surface area contributed by atoms with Crippen LogP contribution in [-0.2, 0) is 9.59 Å². The number of allylic oxidation sites excluding steroid dienone is 1. The van der Waals surface area contributed by atoms with Gasteiger partial charge in [0, 0.05) is 35.7 Å². The summed E-state index contributed by atoms with van der Waals surface area (Å²) in [6, 6.07) is 11.0. The van der Waals surface area contributed by atoms with Crippen molar-refractivity contribution in [3.05, 3.63) is 59.1 Å². The van der Waals surface area contributed by atoms with E-state index in [0.717, 1.165) is 11.1 Å². The third kappa shape index (κ3) is 5.15. The molecular weight excluding hydrogens is 423 g/mol. The van der Waals surface area contributed by atoms with Gasteiger partial charge in [-0.1, -0.05) is 41.9 Å². The number of hydrogen-bond donors (Lipinski definition) is 1. The molecule has 7 heteroatoms. The SMILES string of the molecule is C=CC(=O)C1CCN(C(=O)CNc2cc(-c3ccc(Cl)cc3)c(Cl)cc2OC)CC1. The molecule has 1 saturated heterocycles. The molecule has 5 nitrogen and oxygen atoms in total. The number of ketones is 1. The smallest absolute Gasteiger partial charge is 0.241 e. The number of amides is 1. The van der Waals surface area contributed by atoms with Gasteiger partial charge in [-0.15, -0.1) is 0 Å². The highest BCUT2D eigenvalue weighted by Crippen LogP contribution is 2.37. The zero-order valence-corrected chi connectivity index (χ0v) is 18.3. The van der Waals surface area contributed by atoms with Gasteiger partial charge in [0.25, 0.3) is 0 Å². The Morgan fingerprint density at radius 1 is 1.20 bits per heavy atom. The van der Waals surface area contributed by atoms with Gasteiger partial charge in [-0.05, 0) is 42.7 Å². The maximum absolute atomic E-state index is 12.7. The Bertz CT molecular complexity index is 936. The van der Waals surface area contributed by atoms with Gasteiger partial charge in [0.15, 0.2) is 5.78 Å². The molecule has 0 unspecified atom stereocenters. The molecule has 158 valence electrons. The fourth-order valence-corrected chi connectivity index (χ4v) is 3.96. The summed E-state index contributed by atoms with van der Waals surface area (Å²) < 4.78 is 5.43. The van der Waals surface area contributed by atoms with Crippen molar-refractivity contribution in [3.8, 4) is 16.9 Å². The third-order valence-corrected chi connectivity index (χ3v) is 5.89. The first-order valence-electron chi connectivity index (χ1n) is 9.74. The van der Waals surface area contributed by atoms with Crippen LogP contribution in [-0.4, -0.2) is 43.3 Å². The molecule has 0 atom stereocenters. The summed E-state index contributed by atoms with van der Waals surface area (Å²) in [5, 5.41) is 4.36. The van der Waals surface area contributed by atoms with Crippen LogP contribution in [0.25, 0.3) is 11.1 Å². The van der Waals surface area contributed by atoms with Crippen LogP contribution in [0.2, 0.25) is 10.0 Å². The van der Waals surface area contributed by atoms with E-state index in [2.05, 4.69) is 11.9 Å². The van der Waals surface area contributed by atoms with Crippen LogP contribution >= 0.6 is 23.2 Å². The zero-order chi connectivity index (χ0) is 21.7. The van der Waals surface area contributed by atoms with E-state index in [9.17, 15) is 9.59 Å². The minimum absolute atomic E-state index is 0.0236. The number of carbonyl (C=O) groups is 2. The maximum Gasteiger partial charge on any atom is 0.241 e. The third-order valence-electron chi connectivity index (χ3n) is 5.33. The first-order valence-corrected chi connectivity index (χ1v) is 10.5. The van der Waals surface area contributed by atoms with E-state index in [1.165, 1.54) is 6.08 Å². The lowest BCUT2D eigenvalue weighted by Gasteiger charge is -2.31. The molecule has 0 spiro atoms. The molecule has 1 aliphatic heterocycles. The van der Waals surface area contributed by atoms with Crippen LogP contribution in [0.4, 0.5) is 5.69 Å². The van der Waals surface area contributed by atoms with Crippen LogP contribution < -0.4 is 10.1 Å². The summed E-state index contributed by atoms with van der Waals surface area (Å²) in [5.41, 5.74) is 2.40. The number of piperidine rings is 1. The van der Waals surface area contributed by atoms with Crippen LogP contribution in [0.1, 0.15) is 12.8 Å². The van der Waals surface area contributed by atoms with Crippen LogP contribution in [0, 0.1) is 5.92 Å². The predicted molar refractivity (Wildman–Crippen MR) is 121 cm³/mol. The molecule has 0 radical (unpaired) electrons. The second kappa shape index (κ2) is 10.0. The van der Waals surface area contributed by atoms with Gasteiger partial charge in [-0.2, -0.15) is 0 Å². The Morgan fingerprint density at radius 3 is 2.47 bits per heavy atom. The number of methoxy groups -OCH3 is 1. The molecule has 2 aromatic carbocycles. The highest BCUT2D eigenvalue weighted by molar-refractivity contribution is 6.34. The number of nitrogens with zero attached hydrogens (tertiary/aromatic N) is 1. The van der Waals surface area contributed by atoms with Crippen LogP contribution in [0.5, 0.6) is 5.75 Å². The lowest BCUT2D eigenvalue weighted by molar-refractivity contribution is -0.132. The average Bonchev–Trinajstić information content (AvgIpc) is 2.78. The molecule has 2 aromatic rings. The Labute approximate surface area is 186 Å². The molecule has 1 amide bonds. The van der Waals surface area contributed by atoms with Crippen molar-refractivity contribution in [1.82, 2.24) is 4.90 Å². The lowest BCUT2D eigenvalue weighted by Crippen LogP contribution is -2.42. The van der Waals surface area contributed by atoms with Gasteiger partial charge in [0.2, 0.25) is 5.91 Å². The quantitative estimate of drug-likeness (QED) is 0.602. The predicted octanol–water partition coefficient (Wildman–Crippen LogP) is 5.07. The summed E-state index contributed by atoms with van der Waals surface area (Å²) in [4.78, 5) is 26.2. The highest BCUT2D eigenvalue weighted by Gasteiger charge is 2.25. The van der Waals surface area contributed by atoms with E-state index < -0.39 is 0 Å². The number of benzene rings is 2. The molecule has 1 N–H and O–H groups in total. The number of likely N-dealkylation sites (tertiary alicyclic amines) is 1. The molecule has 0 saturated carbocycles. The first-order chi connectivity index (χ1) is 14.4. The van der Waals surface area contributed by atoms with Crippen molar-refractivity contribution < 1.29 is 14.3 Å². The van der Waals surface area contributed by atoms with Crippen molar-refractivity contribution in [3.63, 3.8) is 0 Å². The molecule has 0 aliphatic carbocycles. The standard InChI is InChI=1S/C23H24Cl2N2O3/c1-3-21(28)16-8-10-27(11-9-16)23(29)14-26-20-12-18(19(25)13-22(20)30-2)15-4-6-17(24)7-5-15/h3-7,12-13,16,26H,1,8-11,14H2,2H3. The molecule has 1 aliphatic rings. The summed E-state index contributed by atoms with van der Waals surface area (Å²) in [6.07, 6.45) is 2.71. The fraction of sp³-hybridized carbons (Fsp3) is 0.304. The van der Waals surface area contributed by atoms with E-state index in [0.29, 0.717) is 47.4 Å². The molecule has 30 heavy (non-hydrogen) atoms. The summed E-state index contributed by atoms with van der Waals surface area (Å²) in [5.74, 6) is 0.559. The zero-order valence-electron chi connectivity index (χ0n) is 16.8. The summed E-state index contributed by atoms with van der Waals surface area (Å²) >= 11 is 12.4. The Hall–Kier alpha value is -2.50. The Balaban J connectivity index is 1.69. The van der Waals surface area contributed by atoms with Gasteiger partial charge >= 0.3 is 0 Å². The molecule has 0 bridgehead atoms. The molecule has 1 fully saturated rings. The van der Waals surface area contributed by atoms with Crippen LogP contribution in [0.3, 0.4) is 0 Å². The monoisotopic (exact) mass is 446 g/mol. The van der Waals surface area contributed by atoms with E-state index in [4.69, 9.17) is 27.9 Å². The van der Waals surface area contributed by atoms with E-state index in [1.807, 2.05) is 18.2 Å². The van der Waals surface area contributed by atoms with Crippen molar-refractivity contribution in [2.75, 3.05) is 32.1 Å². The van der Waals surface area contributed by atoms with Gasteiger partial charge in [0.1, 0.15) is 5.75 Å². The number of halogens is 2. The number of hydrogen-bond acceptors (Lipinski definition) is 4. The highest BCUT2D eigenvalue weighted by atomic mass is 35.5. The molecule has 1 heterocycles. The minimum Gasteiger partial charge on any atom is -0.495 e. The summed E-state index contributed by atoms with van der Waals surface area (Å²) in [7, 11) is 1.56. The number of carbonyl (C=O) groups excluding carboxylic acids is 2. The average molecular weight is 447 g/mol. The van der Waals surface area contributed by atoms with Gasteiger partial charge in [-0.3, -0.25) is 9.59 Å². The van der Waals surface area contributed by atoms with Crippen molar-refractivity contribution in [2.24, 2.45) is 5.92 Å². The summed E-state index contributed by atoms with van der Waals surface area (Å²) in [6.45, 7) is 4.80. The number of rotatable bonds is 7. The normalized spacial score (nSPS) is 14.3. The molecule has 0 aromatic heterocycles. The second-order valence-electron chi connectivity index (χ2n) is 7.15. The Kier molecular flexibility index (Phi) is 7.40. The number of ether oxygens (including phenoxy) is 1. The topological polar surface area (TPSA) is 58.6 Å². The van der Waals surface area contributed by atoms with Gasteiger partial charge in [-0.25, -0.2) is 0 Å². The first kappa shape index (κ1) is 22.2. The van der Waals surface area contributed by atoms with Crippen molar-refractivity contribution >= 4 is 40.6 Å². The molecular formula is C23H24Cl2N2O3.